The predicted molar refractivity (Wildman–Crippen MR) is 55.5 cm³/mol. The fourth-order valence-electron chi connectivity index (χ4n) is 2.45. The first-order chi connectivity index (χ1) is 6.13. The Labute approximate surface area is 81.9 Å². The van der Waals surface area contributed by atoms with Gasteiger partial charge in [0.1, 0.15) is 6.29 Å². The molecule has 0 heterocycles. The van der Waals surface area contributed by atoms with Gasteiger partial charge in [0.2, 0.25) is 0 Å². The first kappa shape index (κ1) is 10.7. The quantitative estimate of drug-likeness (QED) is 0.612. The summed E-state index contributed by atoms with van der Waals surface area (Å²) in [6.07, 6.45) is 6.24. The van der Waals surface area contributed by atoms with Gasteiger partial charge in [0, 0.05) is 5.92 Å². The van der Waals surface area contributed by atoms with Crippen molar-refractivity contribution in [2.24, 2.45) is 23.7 Å². The molecule has 1 heteroatoms. The van der Waals surface area contributed by atoms with Crippen LogP contribution in [-0.2, 0) is 4.79 Å². The Hall–Kier alpha value is -0.330. The molecule has 0 aromatic rings. The minimum atomic E-state index is 0.269. The largest absolute Gasteiger partial charge is 0.303 e. The fourth-order valence-corrected chi connectivity index (χ4v) is 2.45. The highest BCUT2D eigenvalue weighted by Crippen LogP contribution is 2.35. The predicted octanol–water partition coefficient (Wildman–Crippen LogP) is 3.28. The van der Waals surface area contributed by atoms with Crippen LogP contribution in [0.5, 0.6) is 0 Å². The Morgan fingerprint density at radius 1 is 1.31 bits per heavy atom. The van der Waals surface area contributed by atoms with Crippen LogP contribution in [0, 0.1) is 23.7 Å². The van der Waals surface area contributed by atoms with Gasteiger partial charge >= 0.3 is 0 Å². The number of aldehydes is 1. The molecule has 0 saturated heterocycles. The lowest BCUT2D eigenvalue weighted by atomic mass is 9.73. The van der Waals surface area contributed by atoms with Gasteiger partial charge in [0.05, 0.1) is 0 Å². The SMILES string of the molecule is CC(C=O)CC1CCC(C)C(C)C1. The second-order valence-electron chi connectivity index (χ2n) is 4.98. The van der Waals surface area contributed by atoms with Gasteiger partial charge < -0.3 is 4.79 Å². The van der Waals surface area contributed by atoms with Crippen LogP contribution in [0.4, 0.5) is 0 Å². The molecule has 1 saturated carbocycles. The van der Waals surface area contributed by atoms with E-state index in [9.17, 15) is 4.79 Å². The third-order valence-electron chi connectivity index (χ3n) is 3.64. The zero-order valence-electron chi connectivity index (χ0n) is 9.12. The van der Waals surface area contributed by atoms with E-state index in [1.54, 1.807) is 0 Å². The molecule has 0 N–H and O–H groups in total. The molecular formula is C12H22O. The van der Waals surface area contributed by atoms with Gasteiger partial charge in [-0.3, -0.25) is 0 Å². The maximum atomic E-state index is 10.5. The summed E-state index contributed by atoms with van der Waals surface area (Å²) in [5.74, 6) is 2.83. The highest BCUT2D eigenvalue weighted by molar-refractivity contribution is 5.52. The lowest BCUT2D eigenvalue weighted by Gasteiger charge is -2.32. The molecule has 76 valence electrons. The number of rotatable bonds is 3. The molecule has 0 radical (unpaired) electrons. The summed E-state index contributed by atoms with van der Waals surface area (Å²) in [7, 11) is 0. The summed E-state index contributed by atoms with van der Waals surface area (Å²) in [5.41, 5.74) is 0. The van der Waals surface area contributed by atoms with Crippen LogP contribution in [0.25, 0.3) is 0 Å². The smallest absolute Gasteiger partial charge is 0.122 e. The topological polar surface area (TPSA) is 17.1 Å². The van der Waals surface area contributed by atoms with E-state index in [0.717, 1.165) is 30.5 Å². The van der Waals surface area contributed by atoms with Gasteiger partial charge in [0.25, 0.3) is 0 Å². The fraction of sp³-hybridized carbons (Fsp3) is 0.917. The summed E-state index contributed by atoms with van der Waals surface area (Å²) >= 11 is 0. The Morgan fingerprint density at radius 2 is 2.00 bits per heavy atom. The second kappa shape index (κ2) is 4.78. The van der Waals surface area contributed by atoms with E-state index in [1.165, 1.54) is 19.3 Å². The number of hydrogen-bond acceptors (Lipinski definition) is 1. The molecular weight excluding hydrogens is 160 g/mol. The van der Waals surface area contributed by atoms with Gasteiger partial charge in [-0.05, 0) is 30.6 Å². The molecule has 1 aliphatic rings. The van der Waals surface area contributed by atoms with Crippen LogP contribution < -0.4 is 0 Å². The Morgan fingerprint density at radius 3 is 2.54 bits per heavy atom. The summed E-state index contributed by atoms with van der Waals surface area (Å²) in [4.78, 5) is 10.5. The average molecular weight is 182 g/mol. The molecule has 0 aromatic heterocycles. The number of hydrogen-bond donors (Lipinski definition) is 0. The van der Waals surface area contributed by atoms with Gasteiger partial charge in [-0.15, -0.1) is 0 Å². The maximum Gasteiger partial charge on any atom is 0.122 e. The Kier molecular flexibility index (Phi) is 3.95. The van der Waals surface area contributed by atoms with Crippen molar-refractivity contribution in [2.75, 3.05) is 0 Å². The standard InChI is InChI=1S/C12H22O/c1-9(8-13)6-12-5-4-10(2)11(3)7-12/h8-12H,4-7H2,1-3H3. The molecule has 1 nitrogen and oxygen atoms in total. The normalized spacial score (nSPS) is 37.0. The van der Waals surface area contributed by atoms with E-state index in [0.29, 0.717) is 0 Å². The van der Waals surface area contributed by atoms with Crippen molar-refractivity contribution >= 4 is 6.29 Å². The minimum Gasteiger partial charge on any atom is -0.303 e. The van der Waals surface area contributed by atoms with Crippen molar-refractivity contribution in [3.8, 4) is 0 Å². The summed E-state index contributed by atoms with van der Waals surface area (Å²) in [6, 6.07) is 0. The third-order valence-corrected chi connectivity index (χ3v) is 3.64. The lowest BCUT2D eigenvalue weighted by Crippen LogP contribution is -2.22. The van der Waals surface area contributed by atoms with E-state index in [2.05, 4.69) is 13.8 Å². The van der Waals surface area contributed by atoms with Crippen molar-refractivity contribution in [1.82, 2.24) is 0 Å². The van der Waals surface area contributed by atoms with Crippen LogP contribution in [-0.4, -0.2) is 6.29 Å². The highest BCUT2D eigenvalue weighted by Gasteiger charge is 2.25. The van der Waals surface area contributed by atoms with Crippen LogP contribution in [0.1, 0.15) is 46.5 Å². The lowest BCUT2D eigenvalue weighted by molar-refractivity contribution is -0.111. The van der Waals surface area contributed by atoms with E-state index in [1.807, 2.05) is 6.92 Å². The summed E-state index contributed by atoms with van der Waals surface area (Å²) in [5, 5.41) is 0. The average Bonchev–Trinajstić information content (AvgIpc) is 2.11. The van der Waals surface area contributed by atoms with Crippen molar-refractivity contribution < 1.29 is 4.79 Å². The number of carbonyl (C=O) groups is 1. The van der Waals surface area contributed by atoms with Crippen LogP contribution in [0.15, 0.2) is 0 Å². The molecule has 1 fully saturated rings. The van der Waals surface area contributed by atoms with Crippen molar-refractivity contribution in [3.05, 3.63) is 0 Å². The second-order valence-corrected chi connectivity index (χ2v) is 4.98. The minimum absolute atomic E-state index is 0.269. The zero-order valence-corrected chi connectivity index (χ0v) is 9.12. The molecule has 4 unspecified atom stereocenters. The molecule has 0 amide bonds. The first-order valence-corrected chi connectivity index (χ1v) is 5.58. The molecule has 4 atom stereocenters. The van der Waals surface area contributed by atoms with Crippen molar-refractivity contribution in [3.63, 3.8) is 0 Å². The van der Waals surface area contributed by atoms with Crippen molar-refractivity contribution in [1.29, 1.82) is 0 Å². The monoisotopic (exact) mass is 182 g/mol. The summed E-state index contributed by atoms with van der Waals surface area (Å²) < 4.78 is 0. The van der Waals surface area contributed by atoms with Crippen LogP contribution in [0.2, 0.25) is 0 Å². The van der Waals surface area contributed by atoms with Gasteiger partial charge in [0.15, 0.2) is 0 Å². The molecule has 0 aromatic carbocycles. The zero-order chi connectivity index (χ0) is 9.84. The van der Waals surface area contributed by atoms with E-state index >= 15 is 0 Å². The van der Waals surface area contributed by atoms with Gasteiger partial charge in [-0.25, -0.2) is 0 Å². The number of carbonyl (C=O) groups excluding carboxylic acids is 1. The molecule has 1 rings (SSSR count). The van der Waals surface area contributed by atoms with Crippen molar-refractivity contribution in [2.45, 2.75) is 46.5 Å². The third kappa shape index (κ3) is 3.13. The van der Waals surface area contributed by atoms with Gasteiger partial charge in [-0.1, -0.05) is 33.6 Å². The van der Waals surface area contributed by atoms with Crippen LogP contribution in [0.3, 0.4) is 0 Å². The van der Waals surface area contributed by atoms with E-state index in [4.69, 9.17) is 0 Å². The Bertz CT molecular complexity index is 165. The molecule has 0 bridgehead atoms. The highest BCUT2D eigenvalue weighted by atomic mass is 16.1. The Balaban J connectivity index is 2.33. The molecule has 13 heavy (non-hydrogen) atoms. The summed E-state index contributed by atoms with van der Waals surface area (Å²) in [6.45, 7) is 6.74. The molecule has 1 aliphatic carbocycles. The van der Waals surface area contributed by atoms with E-state index in [-0.39, 0.29) is 5.92 Å². The molecule has 0 aliphatic heterocycles. The molecule has 0 spiro atoms. The van der Waals surface area contributed by atoms with Gasteiger partial charge in [-0.2, -0.15) is 0 Å². The van der Waals surface area contributed by atoms with Crippen LogP contribution >= 0.6 is 0 Å². The van der Waals surface area contributed by atoms with E-state index < -0.39 is 0 Å². The maximum absolute atomic E-state index is 10.5. The first-order valence-electron chi connectivity index (χ1n) is 5.58.